The lowest BCUT2D eigenvalue weighted by molar-refractivity contribution is -0.118. The van der Waals surface area contributed by atoms with Crippen LogP contribution >= 0.6 is 0 Å². The van der Waals surface area contributed by atoms with E-state index in [4.69, 9.17) is 0 Å². The molecule has 0 N–H and O–H groups in total. The Balaban J connectivity index is 1.48. The summed E-state index contributed by atoms with van der Waals surface area (Å²) in [5, 5.41) is 0. The monoisotopic (exact) mass is 502 g/mol. The smallest absolute Gasteiger partial charge is 0.170 e. The van der Waals surface area contributed by atoms with Crippen LogP contribution in [0.2, 0.25) is 0 Å². The molecule has 0 saturated carbocycles. The van der Waals surface area contributed by atoms with Crippen LogP contribution in [0.3, 0.4) is 0 Å². The fourth-order valence-corrected chi connectivity index (χ4v) is 4.47. The van der Waals surface area contributed by atoms with E-state index in [1.807, 2.05) is 86.6 Å². The highest BCUT2D eigenvalue weighted by atomic mass is 16.2. The zero-order chi connectivity index (χ0) is 27.1. The van der Waals surface area contributed by atoms with Crippen LogP contribution in [0.5, 0.6) is 0 Å². The molecule has 0 aromatic heterocycles. The molecular formula is C34H30O4. The van der Waals surface area contributed by atoms with Crippen molar-refractivity contribution in [2.24, 2.45) is 0 Å². The molecule has 0 spiro atoms. The Bertz CT molecular complexity index is 1360. The maximum absolute atomic E-state index is 12.9. The molecule has 0 unspecified atom stereocenters. The summed E-state index contributed by atoms with van der Waals surface area (Å²) < 4.78 is 0. The van der Waals surface area contributed by atoms with E-state index < -0.39 is 0 Å². The largest absolute Gasteiger partial charge is 0.299 e. The minimum absolute atomic E-state index is 0.113. The summed E-state index contributed by atoms with van der Waals surface area (Å²) in [5.74, 6) is -0.728. The van der Waals surface area contributed by atoms with Crippen LogP contribution in [0, 0.1) is 13.8 Å². The maximum Gasteiger partial charge on any atom is 0.170 e. The Morgan fingerprint density at radius 2 is 0.816 bits per heavy atom. The van der Waals surface area contributed by atoms with Crippen LogP contribution in [0.25, 0.3) is 11.1 Å². The van der Waals surface area contributed by atoms with Gasteiger partial charge in [-0.05, 0) is 36.1 Å². The first-order chi connectivity index (χ1) is 18.3. The van der Waals surface area contributed by atoms with Gasteiger partial charge in [-0.3, -0.25) is 19.2 Å². The zero-order valence-electron chi connectivity index (χ0n) is 21.7. The molecule has 38 heavy (non-hydrogen) atoms. The van der Waals surface area contributed by atoms with Crippen molar-refractivity contribution >= 4 is 23.1 Å². The molecule has 4 aromatic carbocycles. The molecule has 0 aliphatic heterocycles. The van der Waals surface area contributed by atoms with E-state index in [0.717, 1.165) is 33.4 Å². The summed E-state index contributed by atoms with van der Waals surface area (Å²) in [6.45, 7) is 3.90. The van der Waals surface area contributed by atoms with E-state index in [1.54, 1.807) is 24.3 Å². The Morgan fingerprint density at radius 3 is 1.18 bits per heavy atom. The molecule has 0 fully saturated rings. The van der Waals surface area contributed by atoms with E-state index in [-0.39, 0.29) is 48.8 Å². The van der Waals surface area contributed by atoms with Gasteiger partial charge < -0.3 is 0 Å². The van der Waals surface area contributed by atoms with Crippen LogP contribution in [-0.4, -0.2) is 23.1 Å². The standard InChI is InChI=1S/C34H30O4/c1-23-11-15-25(16-12-23)33(37)21-29(35)19-27-7-3-5-9-31(27)32-10-6-4-8-28(32)20-30(36)22-34(38)26-17-13-24(2)14-18-26/h3-18H,19-22H2,1-2H3. The van der Waals surface area contributed by atoms with Gasteiger partial charge in [0.2, 0.25) is 0 Å². The molecule has 0 aliphatic carbocycles. The predicted octanol–water partition coefficient (Wildman–Crippen LogP) is 6.74. The average molecular weight is 503 g/mol. The number of hydrogen-bond acceptors (Lipinski definition) is 4. The van der Waals surface area contributed by atoms with Crippen LogP contribution in [0.4, 0.5) is 0 Å². The van der Waals surface area contributed by atoms with Gasteiger partial charge in [-0.25, -0.2) is 0 Å². The highest BCUT2D eigenvalue weighted by Gasteiger charge is 2.18. The summed E-state index contributed by atoms with van der Waals surface area (Å²) in [4.78, 5) is 51.0. The number of aryl methyl sites for hydroxylation is 2. The normalized spacial score (nSPS) is 10.7. The van der Waals surface area contributed by atoms with Gasteiger partial charge in [-0.1, -0.05) is 108 Å². The molecule has 4 nitrogen and oxygen atoms in total. The first kappa shape index (κ1) is 26.6. The van der Waals surface area contributed by atoms with Gasteiger partial charge in [0.05, 0.1) is 12.8 Å². The predicted molar refractivity (Wildman–Crippen MR) is 150 cm³/mol. The average Bonchev–Trinajstić information content (AvgIpc) is 2.90. The van der Waals surface area contributed by atoms with E-state index in [0.29, 0.717) is 11.1 Å². The maximum atomic E-state index is 12.9. The molecule has 0 aliphatic rings. The molecule has 0 heterocycles. The molecule has 0 saturated heterocycles. The second-order valence-electron chi connectivity index (χ2n) is 9.68. The van der Waals surface area contributed by atoms with Gasteiger partial charge in [0, 0.05) is 24.0 Å². The van der Waals surface area contributed by atoms with Gasteiger partial charge in [0.15, 0.2) is 11.6 Å². The molecule has 4 aromatic rings. The minimum atomic E-state index is -0.197. The Labute approximate surface area is 223 Å². The van der Waals surface area contributed by atoms with Crippen molar-refractivity contribution in [3.05, 3.63) is 130 Å². The SMILES string of the molecule is Cc1ccc(C(=O)CC(=O)Cc2ccccc2-c2ccccc2CC(=O)CC(=O)c2ccc(C)cc2)cc1. The molecule has 0 amide bonds. The molecule has 0 bridgehead atoms. The molecular weight excluding hydrogens is 472 g/mol. The number of Topliss-reactive ketones (excluding diaryl/α,β-unsaturated/α-hetero) is 4. The van der Waals surface area contributed by atoms with Gasteiger partial charge in [-0.15, -0.1) is 0 Å². The highest BCUT2D eigenvalue weighted by molar-refractivity contribution is 6.09. The summed E-state index contributed by atoms with van der Waals surface area (Å²) in [5.41, 5.74) is 6.45. The molecule has 190 valence electrons. The Hall–Kier alpha value is -4.44. The number of ketones is 4. The first-order valence-corrected chi connectivity index (χ1v) is 12.7. The van der Waals surface area contributed by atoms with Crippen molar-refractivity contribution in [2.45, 2.75) is 39.5 Å². The molecule has 0 radical (unpaired) electrons. The van der Waals surface area contributed by atoms with E-state index in [2.05, 4.69) is 0 Å². The second kappa shape index (κ2) is 12.2. The van der Waals surface area contributed by atoms with Gasteiger partial charge >= 0.3 is 0 Å². The lowest BCUT2D eigenvalue weighted by Crippen LogP contribution is -2.12. The summed E-state index contributed by atoms with van der Waals surface area (Å²) in [7, 11) is 0. The lowest BCUT2D eigenvalue weighted by Gasteiger charge is -2.14. The summed E-state index contributed by atoms with van der Waals surface area (Å²) in [6, 6.07) is 29.5. The number of hydrogen-bond donors (Lipinski definition) is 0. The van der Waals surface area contributed by atoms with Crippen molar-refractivity contribution in [2.75, 3.05) is 0 Å². The molecule has 4 rings (SSSR count). The molecule has 4 heteroatoms. The first-order valence-electron chi connectivity index (χ1n) is 12.7. The molecule has 0 atom stereocenters. The number of carbonyl (C=O) groups excluding carboxylic acids is 4. The lowest BCUT2D eigenvalue weighted by atomic mass is 9.90. The Morgan fingerprint density at radius 1 is 0.474 bits per heavy atom. The van der Waals surface area contributed by atoms with E-state index in [1.165, 1.54) is 0 Å². The van der Waals surface area contributed by atoms with Gasteiger partial charge in [0.1, 0.15) is 11.6 Å². The fraction of sp³-hybridized carbons (Fsp3) is 0.176. The van der Waals surface area contributed by atoms with Gasteiger partial charge in [-0.2, -0.15) is 0 Å². The Kier molecular flexibility index (Phi) is 8.55. The van der Waals surface area contributed by atoms with Crippen molar-refractivity contribution in [1.29, 1.82) is 0 Å². The van der Waals surface area contributed by atoms with Gasteiger partial charge in [0.25, 0.3) is 0 Å². The van der Waals surface area contributed by atoms with Crippen LogP contribution < -0.4 is 0 Å². The number of benzene rings is 4. The quantitative estimate of drug-likeness (QED) is 0.168. The van der Waals surface area contributed by atoms with Crippen molar-refractivity contribution in [3.8, 4) is 11.1 Å². The third-order valence-corrected chi connectivity index (χ3v) is 6.56. The van der Waals surface area contributed by atoms with Crippen molar-refractivity contribution in [3.63, 3.8) is 0 Å². The second-order valence-corrected chi connectivity index (χ2v) is 9.68. The fourth-order valence-electron chi connectivity index (χ4n) is 4.47. The zero-order valence-corrected chi connectivity index (χ0v) is 21.7. The van der Waals surface area contributed by atoms with Crippen molar-refractivity contribution < 1.29 is 19.2 Å². The third kappa shape index (κ3) is 6.86. The van der Waals surface area contributed by atoms with Crippen LogP contribution in [0.15, 0.2) is 97.1 Å². The van der Waals surface area contributed by atoms with Crippen LogP contribution in [0.1, 0.15) is 55.8 Å². The number of carbonyl (C=O) groups is 4. The topological polar surface area (TPSA) is 68.3 Å². The van der Waals surface area contributed by atoms with Crippen molar-refractivity contribution in [1.82, 2.24) is 0 Å². The third-order valence-electron chi connectivity index (χ3n) is 6.56. The minimum Gasteiger partial charge on any atom is -0.299 e. The van der Waals surface area contributed by atoms with E-state index >= 15 is 0 Å². The number of rotatable bonds is 11. The summed E-state index contributed by atoms with van der Waals surface area (Å²) >= 11 is 0. The highest BCUT2D eigenvalue weighted by Crippen LogP contribution is 2.29. The van der Waals surface area contributed by atoms with E-state index in [9.17, 15) is 19.2 Å². The summed E-state index contributed by atoms with van der Waals surface area (Å²) in [6.07, 6.45) is -0.110. The van der Waals surface area contributed by atoms with Crippen LogP contribution in [-0.2, 0) is 22.4 Å².